The van der Waals surface area contributed by atoms with Crippen molar-refractivity contribution in [2.45, 2.75) is 54.7 Å². The maximum Gasteiger partial charge on any atom is 0.318 e. The normalized spacial score (nSPS) is 31.0. The van der Waals surface area contributed by atoms with Gasteiger partial charge in [0.05, 0.1) is 24.6 Å². The number of aldehydes is 1. The molecule has 1 aliphatic heterocycles. The molecule has 1 aliphatic rings. The van der Waals surface area contributed by atoms with Crippen molar-refractivity contribution < 1.29 is 39.0 Å². The Labute approximate surface area is 216 Å². The highest BCUT2D eigenvalue weighted by atomic mass is 32.2. The number of nitrogens with two attached hydrogens (primary N) is 2. The van der Waals surface area contributed by atoms with Crippen LogP contribution in [-0.4, -0.2) is 112 Å². The number of amides is 4. The van der Waals surface area contributed by atoms with Crippen LogP contribution in [0.2, 0.25) is 0 Å². The molecule has 0 aromatic rings. The zero-order valence-corrected chi connectivity index (χ0v) is 21.7. The summed E-state index contributed by atoms with van der Waals surface area (Å²) in [6.07, 6.45) is 1.86. The predicted octanol–water partition coefficient (Wildman–Crippen LogP) is -3.86. The van der Waals surface area contributed by atoms with Gasteiger partial charge in [0, 0.05) is 12.3 Å². The Kier molecular flexibility index (Phi) is 13.2. The SMILES string of the molecule is CSCCC1NC(=O)[C@H](CC(N)=O)NC(=O)[C@H](C)NC(=O)C(CO)NCC(N)(C=O)CSC1C(=O)O. The summed E-state index contributed by atoms with van der Waals surface area (Å²) in [4.78, 5) is 73.6. The van der Waals surface area contributed by atoms with Gasteiger partial charge in [-0.25, -0.2) is 0 Å². The van der Waals surface area contributed by atoms with Crippen LogP contribution in [0.5, 0.6) is 0 Å². The molecule has 6 atom stereocenters. The first-order valence-corrected chi connectivity index (χ1v) is 13.4. The largest absolute Gasteiger partial charge is 0.480 e. The molecule has 10 N–H and O–H groups in total. The standard InChI is InChI=1S/C20H34N6O8S2/c1-10-16(30)26-12(5-14(21)29)17(31)25-11(3-4-35-2)15(19(33)34)36-9-20(22,8-28)7-23-13(6-27)18(32)24-10/h8,10-13,15,23,27H,3-7,9,22H2,1-2H3,(H2,21,29)(H,24,32)(H,25,31)(H,26,30)(H,33,34)/t10-,11?,12-,13?,15?,20?/m0/s1. The highest BCUT2D eigenvalue weighted by Crippen LogP contribution is 2.22. The molecule has 1 rings (SSSR count). The lowest BCUT2D eigenvalue weighted by Crippen LogP contribution is -2.61. The molecule has 0 spiro atoms. The number of hydrogen-bond acceptors (Lipinski definition) is 11. The van der Waals surface area contributed by atoms with Crippen LogP contribution in [0.3, 0.4) is 0 Å². The number of carbonyl (C=O) groups excluding carboxylic acids is 5. The molecule has 204 valence electrons. The van der Waals surface area contributed by atoms with Crippen LogP contribution in [0.25, 0.3) is 0 Å². The molecule has 0 radical (unpaired) electrons. The van der Waals surface area contributed by atoms with Crippen molar-refractivity contribution >= 4 is 59.4 Å². The molecule has 1 heterocycles. The first-order chi connectivity index (χ1) is 16.9. The van der Waals surface area contributed by atoms with Crippen molar-refractivity contribution in [2.75, 3.05) is 30.9 Å². The summed E-state index contributed by atoms with van der Waals surface area (Å²) < 4.78 is 0. The zero-order valence-electron chi connectivity index (χ0n) is 20.0. The number of carboxylic acid groups (broad SMARTS) is 1. The molecule has 0 aromatic carbocycles. The number of aliphatic carboxylic acids is 1. The van der Waals surface area contributed by atoms with Crippen LogP contribution in [-0.2, 0) is 28.8 Å². The Hall–Kier alpha value is -2.40. The van der Waals surface area contributed by atoms with Crippen molar-refractivity contribution in [1.29, 1.82) is 0 Å². The van der Waals surface area contributed by atoms with Gasteiger partial charge in [-0.15, -0.1) is 11.8 Å². The number of rotatable bonds is 8. The van der Waals surface area contributed by atoms with Crippen molar-refractivity contribution in [1.82, 2.24) is 21.3 Å². The van der Waals surface area contributed by atoms with Gasteiger partial charge in [0.25, 0.3) is 0 Å². The number of primary amides is 1. The van der Waals surface area contributed by atoms with Crippen molar-refractivity contribution in [3.8, 4) is 0 Å². The third-order valence-corrected chi connectivity index (χ3v) is 7.54. The Bertz CT molecular complexity index is 834. The lowest BCUT2D eigenvalue weighted by Gasteiger charge is -2.31. The van der Waals surface area contributed by atoms with Gasteiger partial charge >= 0.3 is 5.97 Å². The molecule has 16 heteroatoms. The second-order valence-corrected chi connectivity index (χ2v) is 10.5. The van der Waals surface area contributed by atoms with Gasteiger partial charge in [-0.3, -0.25) is 24.0 Å². The van der Waals surface area contributed by atoms with Crippen molar-refractivity contribution in [2.24, 2.45) is 11.5 Å². The molecular formula is C20H34N6O8S2. The molecule has 0 bridgehead atoms. The molecule has 0 aromatic heterocycles. The number of carboxylic acids is 1. The lowest BCUT2D eigenvalue weighted by atomic mass is 10.1. The summed E-state index contributed by atoms with van der Waals surface area (Å²) in [6.45, 7) is 0.349. The number of aliphatic hydroxyl groups is 1. The van der Waals surface area contributed by atoms with Gasteiger partial charge in [-0.2, -0.15) is 11.8 Å². The van der Waals surface area contributed by atoms with E-state index >= 15 is 0 Å². The number of thioether (sulfide) groups is 2. The predicted molar refractivity (Wildman–Crippen MR) is 134 cm³/mol. The second-order valence-electron chi connectivity index (χ2n) is 8.40. The maximum absolute atomic E-state index is 13.0. The first-order valence-electron chi connectivity index (χ1n) is 11.0. The van der Waals surface area contributed by atoms with E-state index in [2.05, 4.69) is 21.3 Å². The van der Waals surface area contributed by atoms with E-state index in [1.807, 2.05) is 0 Å². The molecular weight excluding hydrogens is 516 g/mol. The van der Waals surface area contributed by atoms with Crippen molar-refractivity contribution in [3.05, 3.63) is 0 Å². The van der Waals surface area contributed by atoms with E-state index in [0.717, 1.165) is 11.8 Å². The van der Waals surface area contributed by atoms with E-state index in [-0.39, 0.29) is 18.7 Å². The van der Waals surface area contributed by atoms with E-state index in [9.17, 15) is 39.0 Å². The lowest BCUT2D eigenvalue weighted by molar-refractivity contribution is -0.138. The van der Waals surface area contributed by atoms with Gasteiger partial charge in [-0.1, -0.05) is 0 Å². The molecule has 14 nitrogen and oxygen atoms in total. The first kappa shape index (κ1) is 31.6. The highest BCUT2D eigenvalue weighted by molar-refractivity contribution is 8.00. The third kappa shape index (κ3) is 9.93. The Balaban J connectivity index is 3.42. The minimum Gasteiger partial charge on any atom is -0.480 e. The minimum atomic E-state index is -1.62. The smallest absolute Gasteiger partial charge is 0.318 e. The van der Waals surface area contributed by atoms with Crippen LogP contribution in [0.1, 0.15) is 19.8 Å². The van der Waals surface area contributed by atoms with Gasteiger partial charge in [0.15, 0.2) is 0 Å². The van der Waals surface area contributed by atoms with Crippen LogP contribution in [0.4, 0.5) is 0 Å². The summed E-state index contributed by atoms with van der Waals surface area (Å²) in [7, 11) is 0. The summed E-state index contributed by atoms with van der Waals surface area (Å²) in [5, 5.41) is 28.2. The quantitative estimate of drug-likeness (QED) is 0.135. The van der Waals surface area contributed by atoms with Crippen LogP contribution in [0.15, 0.2) is 0 Å². The molecule has 1 fully saturated rings. The highest BCUT2D eigenvalue weighted by Gasteiger charge is 2.37. The fourth-order valence-electron chi connectivity index (χ4n) is 3.20. The number of nitrogens with one attached hydrogen (secondary N) is 4. The van der Waals surface area contributed by atoms with E-state index in [1.54, 1.807) is 6.26 Å². The van der Waals surface area contributed by atoms with E-state index in [1.165, 1.54) is 18.7 Å². The maximum atomic E-state index is 13.0. The van der Waals surface area contributed by atoms with E-state index < -0.39 is 77.6 Å². The second kappa shape index (κ2) is 15.0. The molecule has 1 saturated heterocycles. The molecule has 0 aliphatic carbocycles. The molecule has 4 amide bonds. The molecule has 4 unspecified atom stereocenters. The monoisotopic (exact) mass is 550 g/mol. The van der Waals surface area contributed by atoms with E-state index in [0.29, 0.717) is 12.0 Å². The average molecular weight is 551 g/mol. The average Bonchev–Trinajstić information content (AvgIpc) is 2.81. The van der Waals surface area contributed by atoms with Crippen molar-refractivity contribution in [3.63, 3.8) is 0 Å². The summed E-state index contributed by atoms with van der Waals surface area (Å²) in [6, 6.07) is -4.81. The fraction of sp³-hybridized carbons (Fsp3) is 0.700. The number of hydrogen-bond donors (Lipinski definition) is 8. The summed E-state index contributed by atoms with van der Waals surface area (Å²) >= 11 is 2.24. The van der Waals surface area contributed by atoms with E-state index in [4.69, 9.17) is 11.5 Å². The molecule has 0 saturated carbocycles. The van der Waals surface area contributed by atoms with Gasteiger partial charge < -0.3 is 47.7 Å². The summed E-state index contributed by atoms with van der Waals surface area (Å²) in [5.74, 6) is -4.32. The Morgan fingerprint density at radius 3 is 2.33 bits per heavy atom. The van der Waals surface area contributed by atoms with Gasteiger partial charge in [0.2, 0.25) is 23.6 Å². The molecule has 36 heavy (non-hydrogen) atoms. The Morgan fingerprint density at radius 2 is 1.81 bits per heavy atom. The van der Waals surface area contributed by atoms with Crippen LogP contribution >= 0.6 is 23.5 Å². The minimum absolute atomic E-state index is 0.191. The third-order valence-electron chi connectivity index (χ3n) is 5.30. The van der Waals surface area contributed by atoms with Crippen LogP contribution in [0, 0.1) is 0 Å². The zero-order chi connectivity index (χ0) is 27.5. The topological polar surface area (TPSA) is 243 Å². The Morgan fingerprint density at radius 1 is 1.17 bits per heavy atom. The fourth-order valence-corrected chi connectivity index (χ4v) is 4.93. The van der Waals surface area contributed by atoms with Crippen LogP contribution < -0.4 is 32.7 Å². The van der Waals surface area contributed by atoms with Gasteiger partial charge in [-0.05, 0) is 25.4 Å². The van der Waals surface area contributed by atoms with Gasteiger partial charge in [0.1, 0.15) is 29.7 Å². The number of aliphatic hydroxyl groups excluding tert-OH is 1. The summed E-state index contributed by atoms with van der Waals surface area (Å²) in [5.41, 5.74) is 9.74. The number of carbonyl (C=O) groups is 6.